The SMILES string of the molecule is O=C(NCC1CC2CCCC2O1)c1n[nH]c2c1CSCC2. The zero-order valence-electron chi connectivity index (χ0n) is 12.1. The van der Waals surface area contributed by atoms with Gasteiger partial charge in [-0.25, -0.2) is 0 Å². The van der Waals surface area contributed by atoms with Gasteiger partial charge in [0.25, 0.3) is 5.91 Å². The summed E-state index contributed by atoms with van der Waals surface area (Å²) in [6, 6.07) is 0. The van der Waals surface area contributed by atoms with Gasteiger partial charge >= 0.3 is 0 Å². The summed E-state index contributed by atoms with van der Waals surface area (Å²) in [5.41, 5.74) is 2.80. The third-order valence-electron chi connectivity index (χ3n) is 4.92. The zero-order chi connectivity index (χ0) is 14.2. The third kappa shape index (κ3) is 2.59. The van der Waals surface area contributed by atoms with Crippen molar-refractivity contribution in [2.75, 3.05) is 12.3 Å². The lowest BCUT2D eigenvalue weighted by Gasteiger charge is -2.14. The standard InChI is InChI=1S/C15H21N3O2S/c19-15(14-11-8-21-5-4-12(11)17-18-14)16-7-10-6-9-2-1-3-13(9)20-10/h9-10,13H,1-8H2,(H,16,19)(H,17,18). The van der Waals surface area contributed by atoms with Crippen LogP contribution in [0.15, 0.2) is 0 Å². The summed E-state index contributed by atoms with van der Waals surface area (Å²) >= 11 is 1.86. The number of aromatic nitrogens is 2. The fourth-order valence-corrected chi connectivity index (χ4v) is 4.82. The molecule has 114 valence electrons. The van der Waals surface area contributed by atoms with Crippen LogP contribution in [0, 0.1) is 5.92 Å². The fourth-order valence-electron chi connectivity index (χ4n) is 3.81. The van der Waals surface area contributed by atoms with Crippen molar-refractivity contribution in [3.05, 3.63) is 17.0 Å². The lowest BCUT2D eigenvalue weighted by molar-refractivity contribution is 0.0403. The largest absolute Gasteiger partial charge is 0.373 e. The first kappa shape index (κ1) is 13.6. The van der Waals surface area contributed by atoms with E-state index in [4.69, 9.17) is 4.74 Å². The summed E-state index contributed by atoms with van der Waals surface area (Å²) in [6.45, 7) is 0.612. The van der Waals surface area contributed by atoms with E-state index in [0.717, 1.165) is 41.5 Å². The van der Waals surface area contributed by atoms with Crippen molar-refractivity contribution in [1.82, 2.24) is 15.5 Å². The van der Waals surface area contributed by atoms with Gasteiger partial charge < -0.3 is 10.1 Å². The van der Waals surface area contributed by atoms with Crippen LogP contribution in [0.4, 0.5) is 0 Å². The third-order valence-corrected chi connectivity index (χ3v) is 5.91. The number of nitrogens with one attached hydrogen (secondary N) is 2. The van der Waals surface area contributed by atoms with E-state index in [1.807, 2.05) is 11.8 Å². The van der Waals surface area contributed by atoms with E-state index in [9.17, 15) is 4.79 Å². The van der Waals surface area contributed by atoms with Crippen LogP contribution in [-0.4, -0.2) is 40.6 Å². The number of thioether (sulfide) groups is 1. The van der Waals surface area contributed by atoms with E-state index in [2.05, 4.69) is 15.5 Å². The molecule has 6 heteroatoms. The second-order valence-electron chi connectivity index (χ2n) is 6.27. The lowest BCUT2D eigenvalue weighted by Crippen LogP contribution is -2.33. The number of aromatic amines is 1. The first-order valence-corrected chi connectivity index (χ1v) is 9.04. The van der Waals surface area contributed by atoms with Crippen molar-refractivity contribution in [3.63, 3.8) is 0 Å². The van der Waals surface area contributed by atoms with Gasteiger partial charge in [0.15, 0.2) is 5.69 Å². The molecule has 2 fully saturated rings. The maximum Gasteiger partial charge on any atom is 0.272 e. The number of fused-ring (bicyclic) bond motifs is 2. The number of carbonyl (C=O) groups excluding carboxylic acids is 1. The maximum atomic E-state index is 12.3. The molecule has 2 N–H and O–H groups in total. The van der Waals surface area contributed by atoms with Crippen LogP contribution in [0.1, 0.15) is 47.4 Å². The highest BCUT2D eigenvalue weighted by molar-refractivity contribution is 7.98. The molecule has 0 spiro atoms. The number of hydrogen-bond donors (Lipinski definition) is 2. The quantitative estimate of drug-likeness (QED) is 0.895. The summed E-state index contributed by atoms with van der Waals surface area (Å²) in [5, 5.41) is 10.2. The number of ether oxygens (including phenoxy) is 1. The number of aryl methyl sites for hydroxylation is 1. The Balaban J connectivity index is 1.35. The minimum absolute atomic E-state index is 0.0596. The molecule has 5 nitrogen and oxygen atoms in total. The molecule has 0 radical (unpaired) electrons. The molecule has 3 atom stereocenters. The average molecular weight is 307 g/mol. The first-order chi connectivity index (χ1) is 10.3. The van der Waals surface area contributed by atoms with E-state index in [0.29, 0.717) is 18.3 Å². The second-order valence-corrected chi connectivity index (χ2v) is 7.37. The van der Waals surface area contributed by atoms with Crippen LogP contribution in [0.5, 0.6) is 0 Å². The van der Waals surface area contributed by atoms with Gasteiger partial charge in [-0.1, -0.05) is 6.42 Å². The van der Waals surface area contributed by atoms with Crippen LogP contribution in [0.3, 0.4) is 0 Å². The molecule has 0 bridgehead atoms. The number of carbonyl (C=O) groups is 1. The minimum Gasteiger partial charge on any atom is -0.373 e. The van der Waals surface area contributed by atoms with Crippen molar-refractivity contribution < 1.29 is 9.53 Å². The average Bonchev–Trinajstić information content (AvgIpc) is 3.18. The lowest BCUT2D eigenvalue weighted by atomic mass is 10.0. The molecule has 2 aliphatic heterocycles. The smallest absolute Gasteiger partial charge is 0.272 e. The van der Waals surface area contributed by atoms with E-state index >= 15 is 0 Å². The van der Waals surface area contributed by atoms with Crippen molar-refractivity contribution in [2.45, 2.75) is 50.1 Å². The van der Waals surface area contributed by atoms with Gasteiger partial charge in [0.05, 0.1) is 12.2 Å². The van der Waals surface area contributed by atoms with Gasteiger partial charge in [-0.2, -0.15) is 16.9 Å². The van der Waals surface area contributed by atoms with Gasteiger partial charge in [-0.15, -0.1) is 0 Å². The molecular weight excluding hydrogens is 286 g/mol. The Morgan fingerprint density at radius 1 is 1.48 bits per heavy atom. The molecular formula is C15H21N3O2S. The van der Waals surface area contributed by atoms with Crippen molar-refractivity contribution in [2.24, 2.45) is 5.92 Å². The van der Waals surface area contributed by atoms with Gasteiger partial charge in [0, 0.05) is 23.6 Å². The Labute approximate surface area is 128 Å². The highest BCUT2D eigenvalue weighted by Gasteiger charge is 2.38. The second kappa shape index (κ2) is 5.65. The predicted octanol–water partition coefficient (Wildman–Crippen LogP) is 1.89. The predicted molar refractivity (Wildman–Crippen MR) is 81.4 cm³/mol. The van der Waals surface area contributed by atoms with E-state index < -0.39 is 0 Å². The van der Waals surface area contributed by atoms with Crippen LogP contribution >= 0.6 is 11.8 Å². The Bertz CT molecular complexity index is 533. The van der Waals surface area contributed by atoms with Gasteiger partial charge in [-0.05, 0) is 37.4 Å². The van der Waals surface area contributed by atoms with E-state index in [1.165, 1.54) is 19.3 Å². The highest BCUT2D eigenvalue weighted by atomic mass is 32.2. The first-order valence-electron chi connectivity index (χ1n) is 7.89. The number of hydrogen-bond acceptors (Lipinski definition) is 4. The molecule has 4 rings (SSSR count). The molecule has 1 aliphatic carbocycles. The molecule has 21 heavy (non-hydrogen) atoms. The zero-order valence-corrected chi connectivity index (χ0v) is 12.9. The van der Waals surface area contributed by atoms with E-state index in [1.54, 1.807) is 0 Å². The summed E-state index contributed by atoms with van der Waals surface area (Å²) < 4.78 is 6.02. The van der Waals surface area contributed by atoms with Crippen LogP contribution in [0.2, 0.25) is 0 Å². The molecule has 3 aliphatic rings. The highest BCUT2D eigenvalue weighted by Crippen LogP contribution is 2.38. The van der Waals surface area contributed by atoms with Gasteiger partial charge in [0.2, 0.25) is 0 Å². The summed E-state index contributed by atoms with van der Waals surface area (Å²) in [7, 11) is 0. The molecule has 0 aromatic carbocycles. The number of H-pyrrole nitrogens is 1. The molecule has 1 saturated heterocycles. The van der Waals surface area contributed by atoms with Crippen LogP contribution in [0.25, 0.3) is 0 Å². The normalized spacial score (nSPS) is 31.0. The Kier molecular flexibility index (Phi) is 3.67. The molecule has 3 unspecified atom stereocenters. The topological polar surface area (TPSA) is 67.0 Å². The van der Waals surface area contributed by atoms with Crippen molar-refractivity contribution >= 4 is 17.7 Å². The minimum atomic E-state index is -0.0596. The molecule has 1 aromatic heterocycles. The molecule has 1 amide bonds. The van der Waals surface area contributed by atoms with Gasteiger partial charge in [-0.3, -0.25) is 9.89 Å². The number of amides is 1. The van der Waals surface area contributed by atoms with Crippen LogP contribution in [-0.2, 0) is 16.9 Å². The Morgan fingerprint density at radius 3 is 3.33 bits per heavy atom. The number of nitrogens with zero attached hydrogens (tertiary/aromatic N) is 1. The monoisotopic (exact) mass is 307 g/mol. The van der Waals surface area contributed by atoms with Crippen molar-refractivity contribution in [1.29, 1.82) is 0 Å². The molecule has 1 aromatic rings. The fraction of sp³-hybridized carbons (Fsp3) is 0.733. The maximum absolute atomic E-state index is 12.3. The summed E-state index contributed by atoms with van der Waals surface area (Å²) in [4.78, 5) is 12.3. The van der Waals surface area contributed by atoms with Gasteiger partial charge in [0.1, 0.15) is 0 Å². The molecule has 3 heterocycles. The Morgan fingerprint density at radius 2 is 2.43 bits per heavy atom. The van der Waals surface area contributed by atoms with E-state index in [-0.39, 0.29) is 12.0 Å². The van der Waals surface area contributed by atoms with Crippen LogP contribution < -0.4 is 5.32 Å². The molecule has 1 saturated carbocycles. The van der Waals surface area contributed by atoms with Crippen molar-refractivity contribution in [3.8, 4) is 0 Å². The number of rotatable bonds is 3. The summed E-state index contributed by atoms with van der Waals surface area (Å²) in [5.74, 6) is 2.66. The summed E-state index contributed by atoms with van der Waals surface area (Å²) in [6.07, 6.45) is 6.49. The Hall–Kier alpha value is -1.01.